The first-order chi connectivity index (χ1) is 14.7. The molecule has 0 atom stereocenters. The molecule has 2 aromatic heterocycles. The predicted octanol–water partition coefficient (Wildman–Crippen LogP) is 4.33. The summed E-state index contributed by atoms with van der Waals surface area (Å²) in [6.45, 7) is 3.12. The number of anilines is 1. The average molecular weight is 400 g/mol. The Balaban J connectivity index is 1.16. The lowest BCUT2D eigenvalue weighted by atomic mass is 9.77. The molecule has 0 unspecified atom stereocenters. The number of para-hydroxylation sites is 3. The predicted molar refractivity (Wildman–Crippen MR) is 116 cm³/mol. The number of fused-ring (bicyclic) bond motifs is 2. The quantitative estimate of drug-likeness (QED) is 0.556. The van der Waals surface area contributed by atoms with Crippen molar-refractivity contribution in [3.8, 4) is 0 Å². The summed E-state index contributed by atoms with van der Waals surface area (Å²) in [5.74, 6) is 0.310. The molecule has 0 bridgehead atoms. The lowest BCUT2D eigenvalue weighted by Gasteiger charge is -2.37. The highest BCUT2D eigenvalue weighted by atomic mass is 16.4. The Morgan fingerprint density at radius 1 is 1.00 bits per heavy atom. The maximum absolute atomic E-state index is 13.4. The van der Waals surface area contributed by atoms with Crippen LogP contribution in [0.5, 0.6) is 0 Å². The summed E-state index contributed by atoms with van der Waals surface area (Å²) in [6.07, 6.45) is 4.69. The Kier molecular flexibility index (Phi) is 3.88. The molecular weight excluding hydrogens is 376 g/mol. The van der Waals surface area contributed by atoms with Crippen LogP contribution in [0.3, 0.4) is 0 Å². The number of nitrogens with zero attached hydrogens (tertiary/aromatic N) is 3. The summed E-state index contributed by atoms with van der Waals surface area (Å²) in [5.41, 5.74) is 3.79. The van der Waals surface area contributed by atoms with E-state index in [9.17, 15) is 4.79 Å². The molecule has 4 aromatic rings. The molecule has 6 heteroatoms. The highest BCUT2D eigenvalue weighted by Crippen LogP contribution is 2.43. The van der Waals surface area contributed by atoms with Crippen LogP contribution >= 0.6 is 0 Å². The fraction of sp³-hybridized carbons (Fsp3) is 0.333. The zero-order chi connectivity index (χ0) is 20.1. The van der Waals surface area contributed by atoms with E-state index in [-0.39, 0.29) is 5.41 Å². The molecule has 6 rings (SSSR count). The monoisotopic (exact) mass is 400 g/mol. The summed E-state index contributed by atoms with van der Waals surface area (Å²) < 4.78 is 5.93. The number of hydrogen-bond donors (Lipinski definition) is 1. The standard InChI is InChI=1S/C24H24N4O2/c29-22-24(11-14-28(22)16-17-15-25-19-6-2-1-5-18(17)19)9-12-27(13-10-24)23-26-20-7-3-4-8-21(20)30-23/h1-8,15,25H,9-14,16H2. The molecule has 2 aliphatic heterocycles. The minimum absolute atomic E-state index is 0.228. The van der Waals surface area contributed by atoms with Crippen molar-refractivity contribution >= 4 is 33.9 Å². The number of aromatic amines is 1. The van der Waals surface area contributed by atoms with E-state index in [1.165, 1.54) is 10.9 Å². The highest BCUT2D eigenvalue weighted by Gasteiger charge is 2.48. The number of piperidine rings is 1. The molecule has 2 fully saturated rings. The Bertz CT molecular complexity index is 1200. The van der Waals surface area contributed by atoms with Gasteiger partial charge in [-0.2, -0.15) is 4.98 Å². The topological polar surface area (TPSA) is 65.4 Å². The maximum atomic E-state index is 13.4. The molecule has 4 heterocycles. The van der Waals surface area contributed by atoms with Crippen LogP contribution < -0.4 is 4.90 Å². The number of rotatable bonds is 3. The lowest BCUT2D eigenvalue weighted by Crippen LogP contribution is -2.44. The number of carbonyl (C=O) groups excluding carboxylic acids is 1. The third kappa shape index (κ3) is 2.70. The van der Waals surface area contributed by atoms with Crippen LogP contribution in [-0.4, -0.2) is 40.4 Å². The van der Waals surface area contributed by atoms with Gasteiger partial charge in [0.2, 0.25) is 5.91 Å². The molecule has 1 amide bonds. The molecule has 0 aliphatic carbocycles. The number of amides is 1. The maximum Gasteiger partial charge on any atom is 0.298 e. The molecule has 2 aliphatic rings. The summed E-state index contributed by atoms with van der Waals surface area (Å²) in [4.78, 5) is 25.6. The smallest absolute Gasteiger partial charge is 0.298 e. The molecule has 152 valence electrons. The summed E-state index contributed by atoms with van der Waals surface area (Å²) in [5, 5.41) is 1.21. The molecule has 1 spiro atoms. The van der Waals surface area contributed by atoms with Crippen molar-refractivity contribution in [1.29, 1.82) is 0 Å². The van der Waals surface area contributed by atoms with Gasteiger partial charge >= 0.3 is 0 Å². The van der Waals surface area contributed by atoms with Crippen molar-refractivity contribution in [3.05, 3.63) is 60.3 Å². The molecule has 2 saturated heterocycles. The number of H-pyrrole nitrogens is 1. The van der Waals surface area contributed by atoms with Crippen LogP contribution in [0.4, 0.5) is 6.01 Å². The Labute approximate surface area is 174 Å². The number of carbonyl (C=O) groups is 1. The second kappa shape index (κ2) is 6.62. The number of likely N-dealkylation sites (tertiary alicyclic amines) is 1. The number of hydrogen-bond acceptors (Lipinski definition) is 4. The van der Waals surface area contributed by atoms with Crippen LogP contribution in [0.1, 0.15) is 24.8 Å². The fourth-order valence-corrected chi connectivity index (χ4v) is 5.10. The minimum Gasteiger partial charge on any atom is -0.423 e. The van der Waals surface area contributed by atoms with E-state index in [1.54, 1.807) is 0 Å². The lowest BCUT2D eigenvalue weighted by molar-refractivity contribution is -0.137. The summed E-state index contributed by atoms with van der Waals surface area (Å²) in [7, 11) is 0. The zero-order valence-corrected chi connectivity index (χ0v) is 16.8. The molecule has 2 aromatic carbocycles. The largest absolute Gasteiger partial charge is 0.423 e. The molecule has 0 saturated carbocycles. The molecule has 30 heavy (non-hydrogen) atoms. The van der Waals surface area contributed by atoms with E-state index in [4.69, 9.17) is 4.42 Å². The average Bonchev–Trinajstić information content (AvgIpc) is 3.47. The molecule has 1 N–H and O–H groups in total. The zero-order valence-electron chi connectivity index (χ0n) is 16.8. The van der Waals surface area contributed by atoms with Crippen LogP contribution in [0, 0.1) is 5.41 Å². The van der Waals surface area contributed by atoms with Gasteiger partial charge in [0.1, 0.15) is 5.52 Å². The summed E-state index contributed by atoms with van der Waals surface area (Å²) >= 11 is 0. The number of oxazole rings is 1. The van der Waals surface area contributed by atoms with Gasteiger partial charge in [0.15, 0.2) is 5.58 Å². The minimum atomic E-state index is -0.228. The van der Waals surface area contributed by atoms with Crippen molar-refractivity contribution in [2.45, 2.75) is 25.8 Å². The van der Waals surface area contributed by atoms with Gasteiger partial charge in [-0.25, -0.2) is 0 Å². The molecule has 0 radical (unpaired) electrons. The van der Waals surface area contributed by atoms with E-state index in [1.807, 2.05) is 41.4 Å². The first kappa shape index (κ1) is 17.6. The van der Waals surface area contributed by atoms with Crippen LogP contribution in [0.25, 0.3) is 22.0 Å². The van der Waals surface area contributed by atoms with Gasteiger partial charge < -0.3 is 19.2 Å². The Morgan fingerprint density at radius 2 is 1.77 bits per heavy atom. The SMILES string of the molecule is O=C1N(Cc2c[nH]c3ccccc23)CCC12CCN(c1nc3ccccc3o1)CC2. The first-order valence-corrected chi connectivity index (χ1v) is 10.7. The third-order valence-electron chi connectivity index (χ3n) is 6.91. The van der Waals surface area contributed by atoms with E-state index < -0.39 is 0 Å². The van der Waals surface area contributed by atoms with Crippen molar-refractivity contribution in [1.82, 2.24) is 14.9 Å². The second-order valence-corrected chi connectivity index (χ2v) is 8.57. The van der Waals surface area contributed by atoms with E-state index >= 15 is 0 Å². The Hall–Kier alpha value is -3.28. The highest BCUT2D eigenvalue weighted by molar-refractivity contribution is 5.87. The summed E-state index contributed by atoms with van der Waals surface area (Å²) in [6, 6.07) is 16.8. The number of nitrogens with one attached hydrogen (secondary N) is 1. The van der Waals surface area contributed by atoms with Crippen molar-refractivity contribution in [3.63, 3.8) is 0 Å². The van der Waals surface area contributed by atoms with E-state index in [2.05, 4.69) is 33.1 Å². The van der Waals surface area contributed by atoms with Crippen LogP contribution in [0.15, 0.2) is 59.1 Å². The normalized spacial score (nSPS) is 18.9. The Morgan fingerprint density at radius 3 is 2.63 bits per heavy atom. The van der Waals surface area contributed by atoms with Crippen LogP contribution in [0.2, 0.25) is 0 Å². The van der Waals surface area contributed by atoms with Crippen molar-refractivity contribution in [2.75, 3.05) is 24.5 Å². The van der Waals surface area contributed by atoms with Crippen molar-refractivity contribution < 1.29 is 9.21 Å². The fourth-order valence-electron chi connectivity index (χ4n) is 5.10. The van der Waals surface area contributed by atoms with Crippen molar-refractivity contribution in [2.24, 2.45) is 5.41 Å². The van der Waals surface area contributed by atoms with E-state index in [0.717, 1.165) is 55.5 Å². The van der Waals surface area contributed by atoms with E-state index in [0.29, 0.717) is 18.5 Å². The van der Waals surface area contributed by atoms with Gasteiger partial charge in [-0.3, -0.25) is 4.79 Å². The van der Waals surface area contributed by atoms with Gasteiger partial charge in [0.25, 0.3) is 6.01 Å². The van der Waals surface area contributed by atoms with Crippen LogP contribution in [-0.2, 0) is 11.3 Å². The van der Waals surface area contributed by atoms with Gasteiger partial charge in [-0.1, -0.05) is 30.3 Å². The number of benzene rings is 2. The van der Waals surface area contributed by atoms with Gasteiger partial charge in [-0.05, 0) is 43.0 Å². The third-order valence-corrected chi connectivity index (χ3v) is 6.91. The molecular formula is C24H24N4O2. The van der Waals surface area contributed by atoms with Gasteiger partial charge in [0.05, 0.1) is 5.41 Å². The first-order valence-electron chi connectivity index (χ1n) is 10.7. The van der Waals surface area contributed by atoms with Gasteiger partial charge in [0, 0.05) is 43.3 Å². The second-order valence-electron chi connectivity index (χ2n) is 8.57. The number of aromatic nitrogens is 2. The van der Waals surface area contributed by atoms with Gasteiger partial charge in [-0.15, -0.1) is 0 Å². The molecule has 6 nitrogen and oxygen atoms in total.